The Morgan fingerprint density at radius 3 is 2.29 bits per heavy atom. The molecule has 0 aromatic carbocycles. The molecule has 1 aromatic rings. The quantitative estimate of drug-likeness (QED) is 0.733. The van der Waals surface area contributed by atoms with Gasteiger partial charge in [-0.05, 0) is 65.5 Å². The molecule has 1 saturated carbocycles. The molecule has 156 valence electrons. The van der Waals surface area contributed by atoms with E-state index in [2.05, 4.69) is 15.7 Å². The maximum absolute atomic E-state index is 12.0. The van der Waals surface area contributed by atoms with Crippen molar-refractivity contribution in [3.05, 3.63) is 17.5 Å². The Kier molecular flexibility index (Phi) is 6.93. The van der Waals surface area contributed by atoms with Crippen LogP contribution in [0.25, 0.3) is 0 Å². The molecule has 2 saturated heterocycles. The highest BCUT2D eigenvalue weighted by molar-refractivity contribution is 5.89. The molecule has 8 heteroatoms. The number of piperidine rings is 1. The first-order valence-electron chi connectivity index (χ1n) is 10.5. The summed E-state index contributed by atoms with van der Waals surface area (Å²) in [4.78, 5) is 25.3. The van der Waals surface area contributed by atoms with Crippen LogP contribution in [0.4, 0.5) is 4.79 Å². The number of urea groups is 1. The van der Waals surface area contributed by atoms with Crippen LogP contribution in [0.2, 0.25) is 0 Å². The van der Waals surface area contributed by atoms with Gasteiger partial charge in [0, 0.05) is 25.0 Å². The Balaban J connectivity index is 0.000000391. The summed E-state index contributed by atoms with van der Waals surface area (Å²) in [5.74, 6) is -0.558. The van der Waals surface area contributed by atoms with Gasteiger partial charge in [0.1, 0.15) is 5.56 Å². The van der Waals surface area contributed by atoms with Crippen molar-refractivity contribution >= 4 is 12.0 Å². The predicted molar refractivity (Wildman–Crippen MR) is 107 cm³/mol. The first-order chi connectivity index (χ1) is 13.5. The number of hydrogen-bond acceptors (Lipinski definition) is 4. The predicted octanol–water partition coefficient (Wildman–Crippen LogP) is 2.58. The topological polar surface area (TPSA) is 99.5 Å². The van der Waals surface area contributed by atoms with Crippen molar-refractivity contribution in [2.45, 2.75) is 70.4 Å². The van der Waals surface area contributed by atoms with Gasteiger partial charge in [-0.3, -0.25) is 4.68 Å². The Morgan fingerprint density at radius 1 is 1.18 bits per heavy atom. The Labute approximate surface area is 166 Å². The van der Waals surface area contributed by atoms with E-state index >= 15 is 0 Å². The standard InChI is InChI=1S/C16H24N4O3.C4H9N/c1-10(2)18-16(23)19-7-5-12(6-8-19)20-14(11-3-4-11)13(9-17-20)15(21)22;1-2-4-5-3-1/h9-12H,3-8H2,1-2H3,(H,18,23)(H,21,22);5H,1-4H2. The Hall–Kier alpha value is -2.09. The van der Waals surface area contributed by atoms with E-state index in [9.17, 15) is 14.7 Å². The lowest BCUT2D eigenvalue weighted by molar-refractivity contribution is 0.0695. The monoisotopic (exact) mass is 391 g/mol. The largest absolute Gasteiger partial charge is 0.478 e. The molecule has 28 heavy (non-hydrogen) atoms. The minimum Gasteiger partial charge on any atom is -0.478 e. The maximum atomic E-state index is 12.0. The molecule has 2 amide bonds. The molecule has 2 aliphatic heterocycles. The lowest BCUT2D eigenvalue weighted by Gasteiger charge is -2.33. The van der Waals surface area contributed by atoms with E-state index in [-0.39, 0.29) is 18.1 Å². The number of aromatic carboxylic acids is 1. The second kappa shape index (κ2) is 9.41. The van der Waals surface area contributed by atoms with E-state index in [0.29, 0.717) is 24.6 Å². The molecule has 3 heterocycles. The van der Waals surface area contributed by atoms with Crippen molar-refractivity contribution in [2.24, 2.45) is 0 Å². The van der Waals surface area contributed by atoms with Crippen LogP contribution < -0.4 is 10.6 Å². The van der Waals surface area contributed by atoms with Gasteiger partial charge in [-0.2, -0.15) is 5.10 Å². The summed E-state index contributed by atoms with van der Waals surface area (Å²) in [6.45, 7) is 7.75. The molecule has 3 N–H and O–H groups in total. The van der Waals surface area contributed by atoms with Crippen LogP contribution in [0, 0.1) is 0 Å². The zero-order chi connectivity index (χ0) is 20.1. The zero-order valence-electron chi connectivity index (χ0n) is 17.0. The molecule has 0 atom stereocenters. The fourth-order valence-electron chi connectivity index (χ4n) is 3.87. The lowest BCUT2D eigenvalue weighted by Crippen LogP contribution is -2.46. The summed E-state index contributed by atoms with van der Waals surface area (Å²) in [5, 5.41) is 19.8. The molecule has 1 aliphatic carbocycles. The fraction of sp³-hybridized carbons (Fsp3) is 0.750. The van der Waals surface area contributed by atoms with Crippen LogP contribution in [0.3, 0.4) is 0 Å². The fourth-order valence-corrected chi connectivity index (χ4v) is 3.87. The van der Waals surface area contributed by atoms with Gasteiger partial charge in [0.2, 0.25) is 0 Å². The number of carboxylic acids is 1. The van der Waals surface area contributed by atoms with Gasteiger partial charge in [0.05, 0.1) is 17.9 Å². The van der Waals surface area contributed by atoms with E-state index in [1.807, 2.05) is 23.4 Å². The van der Waals surface area contributed by atoms with E-state index in [1.54, 1.807) is 0 Å². The third-order valence-electron chi connectivity index (χ3n) is 5.50. The number of carboxylic acid groups (broad SMARTS) is 1. The van der Waals surface area contributed by atoms with Crippen LogP contribution in [0.15, 0.2) is 6.20 Å². The summed E-state index contributed by atoms with van der Waals surface area (Å²) < 4.78 is 1.92. The van der Waals surface area contributed by atoms with Gasteiger partial charge in [-0.25, -0.2) is 9.59 Å². The summed E-state index contributed by atoms with van der Waals surface area (Å²) in [6.07, 6.45) is 7.97. The van der Waals surface area contributed by atoms with Crippen LogP contribution in [0.5, 0.6) is 0 Å². The highest BCUT2D eigenvalue weighted by Gasteiger charge is 2.35. The zero-order valence-corrected chi connectivity index (χ0v) is 17.0. The summed E-state index contributed by atoms with van der Waals surface area (Å²) in [6, 6.07) is 0.292. The molecule has 0 radical (unpaired) electrons. The molecular weight excluding hydrogens is 358 g/mol. The summed E-state index contributed by atoms with van der Waals surface area (Å²) in [5.41, 5.74) is 1.22. The Morgan fingerprint density at radius 2 is 1.82 bits per heavy atom. The number of hydrogen-bond donors (Lipinski definition) is 3. The van der Waals surface area contributed by atoms with E-state index in [1.165, 1.54) is 32.1 Å². The SMILES string of the molecule is C1CCNC1.CC(C)NC(=O)N1CCC(n2ncc(C(=O)O)c2C2CC2)CC1. The van der Waals surface area contributed by atoms with E-state index < -0.39 is 5.97 Å². The number of carbonyl (C=O) groups is 2. The first-order valence-corrected chi connectivity index (χ1v) is 10.5. The van der Waals surface area contributed by atoms with E-state index in [4.69, 9.17) is 0 Å². The lowest BCUT2D eigenvalue weighted by atomic mass is 10.0. The summed E-state index contributed by atoms with van der Waals surface area (Å²) in [7, 11) is 0. The van der Waals surface area contributed by atoms with Gasteiger partial charge in [0.15, 0.2) is 0 Å². The van der Waals surface area contributed by atoms with E-state index in [0.717, 1.165) is 31.4 Å². The van der Waals surface area contributed by atoms with Crippen LogP contribution >= 0.6 is 0 Å². The highest BCUT2D eigenvalue weighted by Crippen LogP contribution is 2.43. The average molecular weight is 392 g/mol. The van der Waals surface area contributed by atoms with Gasteiger partial charge in [-0.15, -0.1) is 0 Å². The molecule has 3 fully saturated rings. The molecule has 4 rings (SSSR count). The Bertz CT molecular complexity index is 664. The molecule has 0 spiro atoms. The normalized spacial score (nSPS) is 20.0. The number of rotatable bonds is 4. The van der Waals surface area contributed by atoms with Gasteiger partial charge in [0.25, 0.3) is 0 Å². The molecular formula is C20H33N5O3. The number of nitrogens with one attached hydrogen (secondary N) is 2. The number of amides is 2. The number of aromatic nitrogens is 2. The smallest absolute Gasteiger partial charge is 0.339 e. The van der Waals surface area contributed by atoms with Crippen molar-refractivity contribution in [3.8, 4) is 0 Å². The summed E-state index contributed by atoms with van der Waals surface area (Å²) >= 11 is 0. The number of nitrogens with zero attached hydrogens (tertiary/aromatic N) is 3. The minimum absolute atomic E-state index is 0.0208. The van der Waals surface area contributed by atoms with Crippen LogP contribution in [-0.2, 0) is 0 Å². The third-order valence-corrected chi connectivity index (χ3v) is 5.50. The highest BCUT2D eigenvalue weighted by atomic mass is 16.4. The minimum atomic E-state index is -0.896. The molecule has 3 aliphatic rings. The molecule has 1 aromatic heterocycles. The van der Waals surface area contributed by atoms with Crippen molar-refractivity contribution in [1.29, 1.82) is 0 Å². The van der Waals surface area contributed by atoms with Crippen molar-refractivity contribution < 1.29 is 14.7 Å². The van der Waals surface area contributed by atoms with Gasteiger partial charge in [-0.1, -0.05) is 0 Å². The van der Waals surface area contributed by atoms with Gasteiger partial charge >= 0.3 is 12.0 Å². The number of likely N-dealkylation sites (tertiary alicyclic amines) is 1. The van der Waals surface area contributed by atoms with Crippen molar-refractivity contribution in [1.82, 2.24) is 25.3 Å². The van der Waals surface area contributed by atoms with Crippen LogP contribution in [0.1, 0.15) is 80.4 Å². The average Bonchev–Trinajstić information content (AvgIpc) is 3.14. The third kappa shape index (κ3) is 5.25. The molecule has 0 unspecified atom stereocenters. The first kappa shape index (κ1) is 20.6. The second-order valence-electron chi connectivity index (χ2n) is 8.25. The van der Waals surface area contributed by atoms with Gasteiger partial charge < -0.3 is 20.6 Å². The van der Waals surface area contributed by atoms with Crippen molar-refractivity contribution in [2.75, 3.05) is 26.2 Å². The molecule has 0 bridgehead atoms. The second-order valence-corrected chi connectivity index (χ2v) is 8.25. The van der Waals surface area contributed by atoms with Crippen molar-refractivity contribution in [3.63, 3.8) is 0 Å². The number of carbonyl (C=O) groups excluding carboxylic acids is 1. The maximum Gasteiger partial charge on any atom is 0.339 e. The van der Waals surface area contributed by atoms with Crippen LogP contribution in [-0.4, -0.2) is 64.0 Å². The molecule has 8 nitrogen and oxygen atoms in total.